The lowest BCUT2D eigenvalue weighted by Gasteiger charge is -2.29. The summed E-state index contributed by atoms with van der Waals surface area (Å²) < 4.78 is 0. The smallest absolute Gasteiger partial charge is 0.274 e. The number of hydrogen-bond acceptors (Lipinski definition) is 4. The molecule has 0 saturated carbocycles. The van der Waals surface area contributed by atoms with E-state index in [0.29, 0.717) is 5.69 Å². The molecule has 0 spiro atoms. The van der Waals surface area contributed by atoms with Gasteiger partial charge in [-0.15, -0.1) is 10.2 Å². The van der Waals surface area contributed by atoms with Gasteiger partial charge in [0.25, 0.3) is 5.91 Å². The van der Waals surface area contributed by atoms with Crippen LogP contribution in [0.1, 0.15) is 34.5 Å². The summed E-state index contributed by atoms with van der Waals surface area (Å²) in [6, 6.07) is 12.3. The Morgan fingerprint density at radius 2 is 1.70 bits per heavy atom. The molecule has 1 saturated heterocycles. The zero-order valence-corrected chi connectivity index (χ0v) is 13.1. The predicted octanol–water partition coefficient (Wildman–Crippen LogP) is 2.28. The molecule has 2 aromatic rings. The highest BCUT2D eigenvalue weighted by atomic mass is 16.2. The van der Waals surface area contributed by atoms with Crippen molar-refractivity contribution >= 4 is 11.7 Å². The topological polar surface area (TPSA) is 49.3 Å². The minimum atomic E-state index is 0.00513. The molecule has 5 heteroatoms. The zero-order chi connectivity index (χ0) is 15.6. The molecular weight excluding hydrogens is 288 g/mol. The first-order chi connectivity index (χ1) is 11.3. The molecule has 3 heterocycles. The van der Waals surface area contributed by atoms with Crippen LogP contribution in [-0.4, -0.2) is 40.6 Å². The van der Waals surface area contributed by atoms with Crippen molar-refractivity contribution in [1.82, 2.24) is 15.1 Å². The second-order valence-corrected chi connectivity index (χ2v) is 6.22. The normalized spacial score (nSPS) is 17.2. The number of nitrogens with zero attached hydrogens (tertiary/aromatic N) is 4. The summed E-state index contributed by atoms with van der Waals surface area (Å²) in [5.41, 5.74) is 3.21. The van der Waals surface area contributed by atoms with E-state index in [1.807, 2.05) is 17.0 Å². The summed E-state index contributed by atoms with van der Waals surface area (Å²) in [4.78, 5) is 16.4. The molecule has 0 atom stereocenters. The van der Waals surface area contributed by atoms with Crippen molar-refractivity contribution in [2.24, 2.45) is 0 Å². The third-order valence-corrected chi connectivity index (χ3v) is 4.72. The first-order valence-corrected chi connectivity index (χ1v) is 8.26. The average Bonchev–Trinajstić information content (AvgIpc) is 3.15. The number of amides is 1. The molecule has 0 radical (unpaired) electrons. The largest absolute Gasteiger partial charge is 0.350 e. The van der Waals surface area contributed by atoms with E-state index in [0.717, 1.165) is 51.3 Å². The van der Waals surface area contributed by atoms with Crippen LogP contribution in [0.5, 0.6) is 0 Å². The number of anilines is 1. The maximum absolute atomic E-state index is 12.3. The fourth-order valence-corrected chi connectivity index (χ4v) is 3.38. The highest BCUT2D eigenvalue weighted by Crippen LogP contribution is 2.22. The van der Waals surface area contributed by atoms with Crippen molar-refractivity contribution in [3.05, 3.63) is 53.2 Å². The number of likely N-dealkylation sites (tertiary alicyclic amines) is 1. The molecule has 2 aliphatic rings. The standard InChI is InChI=1S/C18H20N4O/c23-18(21-10-3-4-11-21)16-7-8-17(20-19-16)22-12-9-14-5-1-2-6-15(14)13-22/h1-2,5-8H,3-4,9-13H2. The Bertz CT molecular complexity index is 707. The lowest BCUT2D eigenvalue weighted by molar-refractivity contribution is 0.0786. The zero-order valence-electron chi connectivity index (χ0n) is 13.1. The Morgan fingerprint density at radius 3 is 2.43 bits per heavy atom. The van der Waals surface area contributed by atoms with Crippen LogP contribution in [0.2, 0.25) is 0 Å². The molecule has 1 amide bonds. The minimum absolute atomic E-state index is 0.00513. The Balaban J connectivity index is 1.49. The number of fused-ring (bicyclic) bond motifs is 1. The molecule has 23 heavy (non-hydrogen) atoms. The van der Waals surface area contributed by atoms with Gasteiger partial charge < -0.3 is 9.80 Å². The average molecular weight is 308 g/mol. The van der Waals surface area contributed by atoms with Crippen molar-refractivity contribution in [2.45, 2.75) is 25.8 Å². The van der Waals surface area contributed by atoms with Gasteiger partial charge in [-0.1, -0.05) is 24.3 Å². The molecule has 5 nitrogen and oxygen atoms in total. The first kappa shape index (κ1) is 14.2. The second kappa shape index (κ2) is 5.99. The molecule has 4 rings (SSSR count). The van der Waals surface area contributed by atoms with E-state index >= 15 is 0 Å². The SMILES string of the molecule is O=C(c1ccc(N2CCc3ccccc3C2)nn1)N1CCCC1. The van der Waals surface area contributed by atoms with E-state index < -0.39 is 0 Å². The number of benzene rings is 1. The van der Waals surface area contributed by atoms with Gasteiger partial charge in [0.05, 0.1) is 0 Å². The third-order valence-electron chi connectivity index (χ3n) is 4.72. The van der Waals surface area contributed by atoms with Crippen LogP contribution in [0, 0.1) is 0 Å². The van der Waals surface area contributed by atoms with E-state index in [2.05, 4.69) is 39.4 Å². The van der Waals surface area contributed by atoms with Crippen LogP contribution in [0.15, 0.2) is 36.4 Å². The van der Waals surface area contributed by atoms with Crippen LogP contribution < -0.4 is 4.90 Å². The maximum atomic E-state index is 12.3. The molecule has 1 aromatic heterocycles. The summed E-state index contributed by atoms with van der Waals surface area (Å²) in [6.45, 7) is 3.46. The van der Waals surface area contributed by atoms with Gasteiger partial charge in [0.1, 0.15) is 0 Å². The lowest BCUT2D eigenvalue weighted by atomic mass is 10.00. The highest BCUT2D eigenvalue weighted by Gasteiger charge is 2.22. The molecule has 0 unspecified atom stereocenters. The minimum Gasteiger partial charge on any atom is -0.350 e. The Kier molecular flexibility index (Phi) is 3.69. The van der Waals surface area contributed by atoms with Gasteiger partial charge in [-0.05, 0) is 42.5 Å². The van der Waals surface area contributed by atoms with E-state index in [9.17, 15) is 4.79 Å². The molecule has 1 fully saturated rings. The quantitative estimate of drug-likeness (QED) is 0.854. The van der Waals surface area contributed by atoms with Crippen LogP contribution in [0.3, 0.4) is 0 Å². The molecular formula is C18H20N4O. The molecule has 118 valence electrons. The van der Waals surface area contributed by atoms with Gasteiger partial charge in [-0.2, -0.15) is 0 Å². The van der Waals surface area contributed by atoms with Crippen LogP contribution in [0.25, 0.3) is 0 Å². The van der Waals surface area contributed by atoms with E-state index in [-0.39, 0.29) is 5.91 Å². The van der Waals surface area contributed by atoms with Gasteiger partial charge in [-0.25, -0.2) is 0 Å². The van der Waals surface area contributed by atoms with Crippen molar-refractivity contribution in [3.63, 3.8) is 0 Å². The van der Waals surface area contributed by atoms with E-state index in [1.165, 1.54) is 11.1 Å². The third kappa shape index (κ3) is 2.79. The molecule has 0 N–H and O–H groups in total. The number of aromatic nitrogens is 2. The van der Waals surface area contributed by atoms with Crippen LogP contribution in [-0.2, 0) is 13.0 Å². The first-order valence-electron chi connectivity index (χ1n) is 8.26. The monoisotopic (exact) mass is 308 g/mol. The Hall–Kier alpha value is -2.43. The van der Waals surface area contributed by atoms with Crippen LogP contribution in [0.4, 0.5) is 5.82 Å². The Labute approximate surface area is 135 Å². The second-order valence-electron chi connectivity index (χ2n) is 6.22. The number of carbonyl (C=O) groups is 1. The summed E-state index contributed by atoms with van der Waals surface area (Å²) in [5, 5.41) is 8.47. The summed E-state index contributed by atoms with van der Waals surface area (Å²) in [6.07, 6.45) is 3.20. The van der Waals surface area contributed by atoms with E-state index in [1.54, 1.807) is 0 Å². The predicted molar refractivity (Wildman–Crippen MR) is 88.4 cm³/mol. The maximum Gasteiger partial charge on any atom is 0.274 e. The Morgan fingerprint density at radius 1 is 0.913 bits per heavy atom. The van der Waals surface area contributed by atoms with Gasteiger partial charge in [0.15, 0.2) is 11.5 Å². The summed E-state index contributed by atoms with van der Waals surface area (Å²) >= 11 is 0. The van der Waals surface area contributed by atoms with Crippen LogP contribution >= 0.6 is 0 Å². The van der Waals surface area contributed by atoms with Gasteiger partial charge in [0.2, 0.25) is 0 Å². The van der Waals surface area contributed by atoms with Crippen molar-refractivity contribution in [3.8, 4) is 0 Å². The highest BCUT2D eigenvalue weighted by molar-refractivity contribution is 5.92. The molecule has 0 bridgehead atoms. The van der Waals surface area contributed by atoms with Gasteiger partial charge >= 0.3 is 0 Å². The molecule has 2 aliphatic heterocycles. The summed E-state index contributed by atoms with van der Waals surface area (Å²) in [7, 11) is 0. The van der Waals surface area contributed by atoms with Crippen molar-refractivity contribution in [1.29, 1.82) is 0 Å². The van der Waals surface area contributed by atoms with Crippen molar-refractivity contribution < 1.29 is 4.79 Å². The fraction of sp³-hybridized carbons (Fsp3) is 0.389. The number of carbonyl (C=O) groups excluding carboxylic acids is 1. The molecule has 1 aromatic carbocycles. The summed E-state index contributed by atoms with van der Waals surface area (Å²) in [5.74, 6) is 0.850. The fourth-order valence-electron chi connectivity index (χ4n) is 3.38. The molecule has 0 aliphatic carbocycles. The number of rotatable bonds is 2. The van der Waals surface area contributed by atoms with E-state index in [4.69, 9.17) is 0 Å². The number of hydrogen-bond donors (Lipinski definition) is 0. The van der Waals surface area contributed by atoms with Gasteiger partial charge in [0, 0.05) is 26.2 Å². The lowest BCUT2D eigenvalue weighted by Crippen LogP contribution is -2.32. The van der Waals surface area contributed by atoms with Gasteiger partial charge in [-0.3, -0.25) is 4.79 Å². The van der Waals surface area contributed by atoms with Crippen molar-refractivity contribution in [2.75, 3.05) is 24.5 Å².